The van der Waals surface area contributed by atoms with Gasteiger partial charge >= 0.3 is 11.9 Å². The summed E-state index contributed by atoms with van der Waals surface area (Å²) in [6.45, 7) is 8.23. The molecule has 4 amide bonds. The summed E-state index contributed by atoms with van der Waals surface area (Å²) in [4.78, 5) is 97.8. The summed E-state index contributed by atoms with van der Waals surface area (Å²) in [6.07, 6.45) is 6.19. The van der Waals surface area contributed by atoms with Crippen molar-refractivity contribution in [1.29, 1.82) is 0 Å². The smallest absolute Gasteiger partial charge is 0.326 e. The van der Waals surface area contributed by atoms with Crippen LogP contribution in [0.15, 0.2) is 70.9 Å². The quantitative estimate of drug-likeness (QED) is 0.0495. The van der Waals surface area contributed by atoms with Gasteiger partial charge in [0.05, 0.1) is 18.1 Å². The Morgan fingerprint density at radius 1 is 1.00 bits per heavy atom. The molecule has 1 aliphatic heterocycles. The van der Waals surface area contributed by atoms with Crippen molar-refractivity contribution in [1.82, 2.24) is 20.9 Å². The van der Waals surface area contributed by atoms with Gasteiger partial charge in [0, 0.05) is 51.3 Å². The molecule has 1 fully saturated rings. The minimum Gasteiger partial charge on any atom is -0.480 e. The second-order valence-electron chi connectivity index (χ2n) is 14.9. The highest BCUT2D eigenvalue weighted by Gasteiger charge is 2.37. The molecule has 8 atom stereocenters. The molecule has 1 aliphatic rings. The number of carboxylic acid groups (broad SMARTS) is 2. The maximum Gasteiger partial charge on any atom is 0.326 e. The van der Waals surface area contributed by atoms with Crippen molar-refractivity contribution in [3.8, 4) is 0 Å². The molecule has 9 N–H and O–H groups in total. The largest absolute Gasteiger partial charge is 0.480 e. The van der Waals surface area contributed by atoms with E-state index in [1.54, 1.807) is 19.3 Å². The number of carboxylic acids is 2. The number of aliphatic carboxylic acids is 2. The first kappa shape index (κ1) is 49.3. The molecule has 2 rings (SSSR count). The summed E-state index contributed by atoms with van der Waals surface area (Å²) in [5.74, 6) is -10.3. The van der Waals surface area contributed by atoms with Gasteiger partial charge in [-0.05, 0) is 45.1 Å². The van der Waals surface area contributed by atoms with Crippen LogP contribution in [0.3, 0.4) is 0 Å². The molecule has 0 unspecified atom stereocenters. The maximum absolute atomic E-state index is 14.1. The molecule has 17 nitrogen and oxygen atoms in total. The van der Waals surface area contributed by atoms with Gasteiger partial charge in [0.2, 0.25) is 17.7 Å². The third kappa shape index (κ3) is 15.8. The topological polar surface area (TPSA) is 273 Å². The second-order valence-corrected chi connectivity index (χ2v) is 14.9. The van der Waals surface area contributed by atoms with Crippen molar-refractivity contribution in [2.75, 3.05) is 20.7 Å². The number of carbonyl (C=O) groups excluding carboxylic acids is 5. The van der Waals surface area contributed by atoms with Crippen molar-refractivity contribution in [3.63, 3.8) is 0 Å². The molecule has 0 bridgehead atoms. The van der Waals surface area contributed by atoms with Crippen molar-refractivity contribution in [3.05, 3.63) is 71.5 Å². The summed E-state index contributed by atoms with van der Waals surface area (Å²) in [5.41, 5.74) is 12.6. The number of allylic oxidation sites excluding steroid dienone is 3. The van der Waals surface area contributed by atoms with Gasteiger partial charge in [-0.15, -0.1) is 0 Å². The molecule has 0 spiro atoms. The van der Waals surface area contributed by atoms with Gasteiger partial charge in [-0.25, -0.2) is 9.59 Å². The molecular weight excluding hydrogens is 763 g/mol. The van der Waals surface area contributed by atoms with Crippen LogP contribution in [0.1, 0.15) is 72.3 Å². The van der Waals surface area contributed by atoms with E-state index in [-0.39, 0.29) is 49.5 Å². The standard InChI is InChI=1S/C42H61N7O10/c1-8-32-39(54)48-36(41(57)58)27(5)33(50)23-29(15-12-20-45-42(43)44)38(53)46-30(26(4)37(52)47-31(40(55)56)18-19-35(51)49(32)6)17-16-24(2)21-25(3)34(59-7)22-28-13-10-9-11-14-28/h8-11,13-14,16-17,21,25-27,29-31,34,36H,12,15,18-20,22-23H2,1-7H3,(H,46,53)(H,47,52)(H,48,54)(H,55,56)(H,57,58)(H4,43,44,45)/b17-16+,24-21+,32-8-/t25-,26-,27+,29+,30-,31+,34-,36+/m0/s1. The number of amides is 4. The van der Waals surface area contributed by atoms with E-state index >= 15 is 0 Å². The number of hydrogen-bond acceptors (Lipinski definition) is 9. The Bertz CT molecular complexity index is 1770. The third-order valence-corrected chi connectivity index (χ3v) is 10.4. The molecule has 1 saturated heterocycles. The highest BCUT2D eigenvalue weighted by molar-refractivity contribution is 6.00. The number of hydrogen-bond donors (Lipinski definition) is 7. The number of rotatable bonds is 13. The van der Waals surface area contributed by atoms with E-state index in [0.717, 1.165) is 16.0 Å². The van der Waals surface area contributed by atoms with Crippen LogP contribution in [0.4, 0.5) is 0 Å². The van der Waals surface area contributed by atoms with Gasteiger partial charge in [0.25, 0.3) is 5.91 Å². The van der Waals surface area contributed by atoms with E-state index in [4.69, 9.17) is 16.2 Å². The highest BCUT2D eigenvalue weighted by atomic mass is 16.5. The normalized spacial score (nSPS) is 25.2. The molecule has 1 aromatic rings. The van der Waals surface area contributed by atoms with Gasteiger partial charge in [-0.1, -0.05) is 81.0 Å². The van der Waals surface area contributed by atoms with E-state index in [1.165, 1.54) is 33.9 Å². The number of guanidine groups is 1. The predicted octanol–water partition coefficient (Wildman–Crippen LogP) is 2.06. The average molecular weight is 824 g/mol. The lowest BCUT2D eigenvalue weighted by atomic mass is 9.87. The second kappa shape index (κ2) is 24.2. The number of carbonyl (C=O) groups is 7. The van der Waals surface area contributed by atoms with Crippen LogP contribution in [0.5, 0.6) is 0 Å². The molecule has 324 valence electrons. The van der Waals surface area contributed by atoms with Crippen LogP contribution in [-0.4, -0.2) is 107 Å². The SMILES string of the molecule is C/C=C1/C(=O)N[C@@H](C(=O)O)[C@H](C)C(=O)C[C@@H](CCCN=C(N)N)C(=O)N[C@@H](/C=C/C(C)=C/[C@H](C)[C@H](Cc2ccccc2)OC)[C@H](C)C(=O)N[C@@H](C(=O)O)CCC(=O)N1C. The fourth-order valence-corrected chi connectivity index (χ4v) is 6.66. The number of ketones is 1. The highest BCUT2D eigenvalue weighted by Crippen LogP contribution is 2.22. The van der Waals surface area contributed by atoms with Crippen molar-refractivity contribution in [2.24, 2.45) is 40.1 Å². The number of benzene rings is 1. The number of aliphatic imine (C=N–C) groups is 1. The number of nitrogens with two attached hydrogens (primary N) is 2. The molecule has 0 aromatic heterocycles. The van der Waals surface area contributed by atoms with Gasteiger partial charge in [0.15, 0.2) is 5.96 Å². The van der Waals surface area contributed by atoms with Crippen molar-refractivity contribution < 1.29 is 48.5 Å². The number of nitrogens with one attached hydrogen (secondary N) is 3. The van der Waals surface area contributed by atoms with E-state index in [1.807, 2.05) is 50.3 Å². The van der Waals surface area contributed by atoms with Crippen LogP contribution in [0.25, 0.3) is 0 Å². The van der Waals surface area contributed by atoms with Gasteiger partial charge in [-0.2, -0.15) is 0 Å². The number of likely N-dealkylation sites (N-methyl/N-ethyl adjacent to an activating group) is 1. The summed E-state index contributed by atoms with van der Waals surface area (Å²) < 4.78 is 5.80. The summed E-state index contributed by atoms with van der Waals surface area (Å²) >= 11 is 0. The predicted molar refractivity (Wildman–Crippen MR) is 221 cm³/mol. The maximum atomic E-state index is 14.1. The van der Waals surface area contributed by atoms with Crippen LogP contribution in [0.2, 0.25) is 0 Å². The lowest BCUT2D eigenvalue weighted by Gasteiger charge is -2.27. The fraction of sp³-hybridized carbons (Fsp3) is 0.524. The number of nitrogens with zero attached hydrogens (tertiary/aromatic N) is 2. The first-order valence-electron chi connectivity index (χ1n) is 19.6. The minimum atomic E-state index is -1.74. The summed E-state index contributed by atoms with van der Waals surface area (Å²) in [6, 6.07) is 5.57. The third-order valence-electron chi connectivity index (χ3n) is 10.4. The Balaban J connectivity index is 2.63. The minimum absolute atomic E-state index is 0.0568. The number of ether oxygens (including phenoxy) is 1. The number of Topliss-reactive ketones (excluding diaryl/α,β-unsaturated/α-hetero) is 1. The zero-order valence-corrected chi connectivity index (χ0v) is 35.0. The van der Waals surface area contributed by atoms with E-state index in [9.17, 15) is 43.8 Å². The number of methoxy groups -OCH3 is 1. The lowest BCUT2D eigenvalue weighted by Crippen LogP contribution is -2.50. The Kier molecular flexibility index (Phi) is 20.2. The summed E-state index contributed by atoms with van der Waals surface area (Å²) in [5, 5.41) is 27.8. The molecule has 59 heavy (non-hydrogen) atoms. The zero-order chi connectivity index (χ0) is 44.4. The first-order valence-corrected chi connectivity index (χ1v) is 19.6. The van der Waals surface area contributed by atoms with Crippen LogP contribution >= 0.6 is 0 Å². The molecule has 17 heteroatoms. The lowest BCUT2D eigenvalue weighted by molar-refractivity contribution is -0.145. The molecule has 0 aliphatic carbocycles. The van der Waals surface area contributed by atoms with E-state index in [0.29, 0.717) is 6.42 Å². The molecule has 1 heterocycles. The Morgan fingerprint density at radius 3 is 2.24 bits per heavy atom. The van der Waals surface area contributed by atoms with Crippen molar-refractivity contribution in [2.45, 2.75) is 97.4 Å². The zero-order valence-electron chi connectivity index (χ0n) is 35.0. The monoisotopic (exact) mass is 823 g/mol. The average Bonchev–Trinajstić information content (AvgIpc) is 3.19. The van der Waals surface area contributed by atoms with Crippen LogP contribution in [-0.2, 0) is 44.7 Å². The Morgan fingerprint density at radius 2 is 1.66 bits per heavy atom. The molecular formula is C42H61N7O10. The van der Waals surface area contributed by atoms with Crippen LogP contribution in [0, 0.1) is 23.7 Å². The van der Waals surface area contributed by atoms with Gasteiger partial charge in [-0.3, -0.25) is 29.0 Å². The fourth-order valence-electron chi connectivity index (χ4n) is 6.66. The van der Waals surface area contributed by atoms with Gasteiger partial charge < -0.3 is 47.3 Å². The summed E-state index contributed by atoms with van der Waals surface area (Å²) in [7, 11) is 2.90. The van der Waals surface area contributed by atoms with E-state index in [2.05, 4.69) is 20.9 Å². The Hall–Kier alpha value is -5.84. The molecule has 1 aromatic carbocycles. The van der Waals surface area contributed by atoms with Crippen molar-refractivity contribution >= 4 is 47.3 Å². The van der Waals surface area contributed by atoms with Crippen LogP contribution < -0.4 is 27.4 Å². The Labute approximate surface area is 345 Å². The molecule has 0 saturated carbocycles. The van der Waals surface area contributed by atoms with E-state index < -0.39 is 90.1 Å². The first-order chi connectivity index (χ1) is 27.8. The molecule has 0 radical (unpaired) electrons. The van der Waals surface area contributed by atoms with Gasteiger partial charge in [0.1, 0.15) is 23.6 Å².